The van der Waals surface area contributed by atoms with Crippen molar-refractivity contribution in [2.45, 2.75) is 35.8 Å². The van der Waals surface area contributed by atoms with Gasteiger partial charge in [0.2, 0.25) is 5.95 Å². The van der Waals surface area contributed by atoms with Crippen molar-refractivity contribution in [3.63, 3.8) is 0 Å². The summed E-state index contributed by atoms with van der Waals surface area (Å²) < 4.78 is 43.1. The van der Waals surface area contributed by atoms with Gasteiger partial charge in [0.25, 0.3) is 0 Å². The minimum Gasteiger partial charge on any atom is -0.354 e. The van der Waals surface area contributed by atoms with Gasteiger partial charge in [0.1, 0.15) is 10.9 Å². The topological polar surface area (TPSA) is 63.6 Å². The maximum absolute atomic E-state index is 12.9. The smallest absolute Gasteiger partial charge is 0.354 e. The maximum atomic E-state index is 12.9. The van der Waals surface area contributed by atoms with E-state index in [0.29, 0.717) is 16.7 Å². The number of nitrogens with zero attached hydrogens (tertiary/aromatic N) is 4. The van der Waals surface area contributed by atoms with Crippen LogP contribution in [0.2, 0.25) is 0 Å². The summed E-state index contributed by atoms with van der Waals surface area (Å²) >= 11 is 2.16. The van der Waals surface area contributed by atoms with Crippen LogP contribution in [-0.4, -0.2) is 25.9 Å². The Hall–Kier alpha value is -1.42. The molecule has 0 radical (unpaired) electrons. The third kappa shape index (κ3) is 4.53. The Morgan fingerprint density at radius 2 is 2.05 bits per heavy atom. The predicted octanol–water partition coefficient (Wildman–Crippen LogP) is 3.63. The summed E-state index contributed by atoms with van der Waals surface area (Å²) in [5.74, 6) is 0.548. The van der Waals surface area contributed by atoms with Crippen LogP contribution in [0.15, 0.2) is 15.4 Å². The van der Waals surface area contributed by atoms with Gasteiger partial charge >= 0.3 is 6.18 Å². The highest BCUT2D eigenvalue weighted by Crippen LogP contribution is 2.33. The van der Waals surface area contributed by atoms with E-state index in [-0.39, 0.29) is 11.0 Å². The number of alkyl halides is 3. The van der Waals surface area contributed by atoms with Gasteiger partial charge < -0.3 is 5.32 Å². The summed E-state index contributed by atoms with van der Waals surface area (Å²) in [7, 11) is 0. The van der Waals surface area contributed by atoms with Gasteiger partial charge in [-0.05, 0) is 36.6 Å². The molecule has 0 unspecified atom stereocenters. The molecule has 0 aliphatic heterocycles. The molecule has 0 bridgehead atoms. The van der Waals surface area contributed by atoms with Gasteiger partial charge in [-0.1, -0.05) is 6.92 Å². The molecule has 2 rings (SSSR count). The first-order valence-electron chi connectivity index (χ1n) is 6.07. The fourth-order valence-electron chi connectivity index (χ4n) is 1.35. The summed E-state index contributed by atoms with van der Waals surface area (Å²) in [6.07, 6.45) is -3.75. The van der Waals surface area contributed by atoms with Crippen LogP contribution in [-0.2, 0) is 6.18 Å². The van der Waals surface area contributed by atoms with Gasteiger partial charge in [-0.2, -0.15) is 17.5 Å². The lowest BCUT2D eigenvalue weighted by atomic mass is 10.4. The molecule has 2 aromatic heterocycles. The van der Waals surface area contributed by atoms with Crippen molar-refractivity contribution < 1.29 is 13.2 Å². The van der Waals surface area contributed by atoms with Gasteiger partial charge in [0, 0.05) is 12.6 Å². The third-order valence-electron chi connectivity index (χ3n) is 2.23. The van der Waals surface area contributed by atoms with Crippen LogP contribution < -0.4 is 5.32 Å². The van der Waals surface area contributed by atoms with Crippen LogP contribution in [0.5, 0.6) is 0 Å². The molecule has 0 aromatic carbocycles. The summed E-state index contributed by atoms with van der Waals surface area (Å²) in [5, 5.41) is 2.96. The summed E-state index contributed by atoms with van der Waals surface area (Å²) in [5.41, 5.74) is -0.972. The average molecular weight is 335 g/mol. The van der Waals surface area contributed by atoms with Crippen LogP contribution in [0.25, 0.3) is 0 Å². The maximum Gasteiger partial charge on any atom is 0.433 e. The SMILES string of the molecule is CCCNc1nc(Sc2nc(C)ns2)cc(C(F)(F)F)n1. The quantitative estimate of drug-likeness (QED) is 0.842. The average Bonchev–Trinajstić information content (AvgIpc) is 2.80. The number of rotatable bonds is 5. The lowest BCUT2D eigenvalue weighted by molar-refractivity contribution is -0.141. The molecule has 0 saturated heterocycles. The van der Waals surface area contributed by atoms with Gasteiger partial charge in [-0.25, -0.2) is 15.0 Å². The third-order valence-corrected chi connectivity index (χ3v) is 3.99. The second-order valence-corrected chi connectivity index (χ2v) is 6.07. The number of aryl methyl sites for hydroxylation is 1. The van der Waals surface area contributed by atoms with Gasteiger partial charge in [0.05, 0.1) is 0 Å². The summed E-state index contributed by atoms with van der Waals surface area (Å²) in [6.45, 7) is 4.12. The molecule has 2 aromatic rings. The molecule has 0 atom stereocenters. The highest BCUT2D eigenvalue weighted by Gasteiger charge is 2.33. The van der Waals surface area contributed by atoms with Gasteiger partial charge in [0.15, 0.2) is 10.0 Å². The monoisotopic (exact) mass is 335 g/mol. The minimum atomic E-state index is -4.52. The minimum absolute atomic E-state index is 0.0320. The van der Waals surface area contributed by atoms with Crippen molar-refractivity contribution in [1.82, 2.24) is 19.3 Å². The number of anilines is 1. The molecule has 5 nitrogen and oxygen atoms in total. The normalized spacial score (nSPS) is 11.7. The van der Waals surface area contributed by atoms with Crippen LogP contribution in [0.4, 0.5) is 19.1 Å². The lowest BCUT2D eigenvalue weighted by Gasteiger charge is -2.10. The van der Waals surface area contributed by atoms with Crippen molar-refractivity contribution in [3.8, 4) is 0 Å². The number of halogens is 3. The van der Waals surface area contributed by atoms with E-state index >= 15 is 0 Å². The molecular formula is C11H12F3N5S2. The fourth-order valence-corrected chi connectivity index (χ4v) is 2.95. The zero-order valence-electron chi connectivity index (χ0n) is 11.2. The Bertz CT molecular complexity index is 614. The molecule has 0 aliphatic carbocycles. The standard InChI is InChI=1S/C11H12F3N5S2/c1-3-4-15-9-17-7(11(12,13)14)5-8(18-9)20-10-16-6(2)19-21-10/h5H,3-4H2,1-2H3,(H,15,17,18). The zero-order valence-corrected chi connectivity index (χ0v) is 12.9. The van der Waals surface area contributed by atoms with Crippen molar-refractivity contribution in [3.05, 3.63) is 17.6 Å². The van der Waals surface area contributed by atoms with Crippen LogP contribution >= 0.6 is 23.3 Å². The van der Waals surface area contributed by atoms with Crippen molar-refractivity contribution >= 4 is 29.2 Å². The molecule has 2 heterocycles. The second-order valence-electron chi connectivity index (χ2n) is 4.05. The molecule has 21 heavy (non-hydrogen) atoms. The van der Waals surface area contributed by atoms with Crippen LogP contribution in [0.1, 0.15) is 24.9 Å². The highest BCUT2D eigenvalue weighted by molar-refractivity contribution is 8.00. The van der Waals surface area contributed by atoms with E-state index in [1.54, 1.807) is 6.92 Å². The lowest BCUT2D eigenvalue weighted by Crippen LogP contribution is -2.13. The number of aromatic nitrogens is 4. The number of hydrogen-bond acceptors (Lipinski definition) is 7. The van der Waals surface area contributed by atoms with E-state index in [1.807, 2.05) is 6.92 Å². The molecule has 1 N–H and O–H groups in total. The second kappa shape index (κ2) is 6.56. The van der Waals surface area contributed by atoms with Gasteiger partial charge in [-0.3, -0.25) is 0 Å². The van der Waals surface area contributed by atoms with E-state index in [9.17, 15) is 13.2 Å². The van der Waals surface area contributed by atoms with E-state index < -0.39 is 11.9 Å². The largest absolute Gasteiger partial charge is 0.433 e. The number of hydrogen-bond donors (Lipinski definition) is 1. The molecule has 0 aliphatic rings. The van der Waals surface area contributed by atoms with Crippen molar-refractivity contribution in [1.29, 1.82) is 0 Å². The summed E-state index contributed by atoms with van der Waals surface area (Å²) in [4.78, 5) is 11.7. The van der Waals surface area contributed by atoms with E-state index in [1.165, 1.54) is 0 Å². The van der Waals surface area contributed by atoms with Gasteiger partial charge in [-0.15, -0.1) is 0 Å². The molecule has 0 saturated carbocycles. The zero-order chi connectivity index (χ0) is 15.5. The van der Waals surface area contributed by atoms with Crippen LogP contribution in [0.3, 0.4) is 0 Å². The Balaban J connectivity index is 2.30. The molecule has 0 fully saturated rings. The van der Waals surface area contributed by atoms with E-state index in [0.717, 1.165) is 35.8 Å². The molecule has 10 heteroatoms. The Morgan fingerprint density at radius 3 is 2.62 bits per heavy atom. The Labute approximate surface area is 127 Å². The fraction of sp³-hybridized carbons (Fsp3) is 0.455. The van der Waals surface area contributed by atoms with Crippen LogP contribution in [0, 0.1) is 6.92 Å². The molecular weight excluding hydrogens is 323 g/mol. The van der Waals surface area contributed by atoms with E-state index in [4.69, 9.17) is 0 Å². The molecule has 0 spiro atoms. The summed E-state index contributed by atoms with van der Waals surface area (Å²) in [6, 6.07) is 0.915. The Morgan fingerprint density at radius 1 is 1.29 bits per heavy atom. The Kier molecular flexibility index (Phi) is 4.99. The number of nitrogens with one attached hydrogen (secondary N) is 1. The first-order chi connectivity index (χ1) is 9.88. The molecule has 114 valence electrons. The van der Waals surface area contributed by atoms with Crippen molar-refractivity contribution in [2.24, 2.45) is 0 Å². The first kappa shape index (κ1) is 16.0. The first-order valence-corrected chi connectivity index (χ1v) is 7.66. The highest BCUT2D eigenvalue weighted by atomic mass is 32.2. The van der Waals surface area contributed by atoms with E-state index in [2.05, 4.69) is 24.6 Å². The predicted molar refractivity (Wildman–Crippen MR) is 74.6 cm³/mol. The van der Waals surface area contributed by atoms with Crippen molar-refractivity contribution in [2.75, 3.05) is 11.9 Å². The molecule has 0 amide bonds.